The summed E-state index contributed by atoms with van der Waals surface area (Å²) in [5.41, 5.74) is 2.70. The predicted octanol–water partition coefficient (Wildman–Crippen LogP) is 3.97. The van der Waals surface area contributed by atoms with Crippen molar-refractivity contribution in [2.75, 3.05) is 13.1 Å². The smallest absolute Gasteiger partial charge is 0.247 e. The number of hydrogen-bond donors (Lipinski definition) is 1. The first-order valence-electron chi connectivity index (χ1n) is 8.73. The van der Waals surface area contributed by atoms with E-state index in [9.17, 15) is 13.6 Å². The van der Waals surface area contributed by atoms with E-state index in [-0.39, 0.29) is 23.6 Å². The summed E-state index contributed by atoms with van der Waals surface area (Å²) in [6.07, 6.45) is 2.61. The molecule has 0 aliphatic carbocycles. The van der Waals surface area contributed by atoms with Crippen LogP contribution in [-0.4, -0.2) is 23.9 Å². The molecule has 1 aliphatic heterocycles. The molecule has 1 amide bonds. The Morgan fingerprint density at radius 3 is 2.27 bits per heavy atom. The number of nitrogens with one attached hydrogen (secondary N) is 1. The highest BCUT2D eigenvalue weighted by Crippen LogP contribution is 2.17. The van der Waals surface area contributed by atoms with Crippen molar-refractivity contribution in [2.24, 2.45) is 0 Å². The van der Waals surface area contributed by atoms with Gasteiger partial charge in [-0.25, -0.2) is 8.78 Å². The van der Waals surface area contributed by atoms with Crippen molar-refractivity contribution >= 4 is 5.91 Å². The summed E-state index contributed by atoms with van der Waals surface area (Å²) in [7, 11) is 0. The van der Waals surface area contributed by atoms with Crippen LogP contribution in [0.2, 0.25) is 0 Å². The zero-order chi connectivity index (χ0) is 18.5. The number of benzene rings is 2. The van der Waals surface area contributed by atoms with Crippen molar-refractivity contribution < 1.29 is 13.6 Å². The zero-order valence-corrected chi connectivity index (χ0v) is 14.7. The molecule has 0 spiro atoms. The van der Waals surface area contributed by atoms with Gasteiger partial charge < -0.3 is 5.32 Å². The maximum atomic E-state index is 13.0. The second kappa shape index (κ2) is 8.23. The third kappa shape index (κ3) is 4.76. The van der Waals surface area contributed by atoms with E-state index in [0.717, 1.165) is 29.8 Å². The largest absolute Gasteiger partial charge is 0.346 e. The maximum absolute atomic E-state index is 13.0. The van der Waals surface area contributed by atoms with Gasteiger partial charge in [0.05, 0.1) is 6.04 Å². The van der Waals surface area contributed by atoms with Gasteiger partial charge in [-0.15, -0.1) is 0 Å². The number of amides is 1. The third-order valence-corrected chi connectivity index (χ3v) is 4.62. The fourth-order valence-corrected chi connectivity index (χ4v) is 3.03. The highest BCUT2D eigenvalue weighted by Gasteiger charge is 2.19. The molecule has 26 heavy (non-hydrogen) atoms. The molecule has 0 aromatic heterocycles. The molecule has 0 fully saturated rings. The van der Waals surface area contributed by atoms with Gasteiger partial charge in [0, 0.05) is 25.2 Å². The monoisotopic (exact) mass is 356 g/mol. The van der Waals surface area contributed by atoms with Crippen molar-refractivity contribution in [3.63, 3.8) is 0 Å². The van der Waals surface area contributed by atoms with Crippen LogP contribution in [-0.2, 0) is 11.3 Å². The van der Waals surface area contributed by atoms with Crippen molar-refractivity contribution in [2.45, 2.75) is 25.9 Å². The molecule has 0 bridgehead atoms. The topological polar surface area (TPSA) is 32.3 Å². The van der Waals surface area contributed by atoms with E-state index >= 15 is 0 Å². The van der Waals surface area contributed by atoms with Gasteiger partial charge in [-0.3, -0.25) is 9.69 Å². The molecule has 136 valence electrons. The maximum Gasteiger partial charge on any atom is 0.247 e. The number of rotatable bonds is 5. The molecular weight excluding hydrogens is 334 g/mol. The quantitative estimate of drug-likeness (QED) is 0.879. The molecule has 5 heteroatoms. The summed E-state index contributed by atoms with van der Waals surface area (Å²) in [6.45, 7) is 4.08. The molecule has 1 heterocycles. The summed E-state index contributed by atoms with van der Waals surface area (Å²) in [5, 5.41) is 2.97. The highest BCUT2D eigenvalue weighted by atomic mass is 19.1. The molecule has 1 atom stereocenters. The Hall–Kier alpha value is -2.53. The number of carbonyl (C=O) groups is 1. The summed E-state index contributed by atoms with van der Waals surface area (Å²) < 4.78 is 26.0. The van der Waals surface area contributed by atoms with Crippen LogP contribution in [0.1, 0.15) is 30.5 Å². The molecule has 1 N–H and O–H groups in total. The van der Waals surface area contributed by atoms with Gasteiger partial charge in [-0.1, -0.05) is 30.3 Å². The molecule has 3 rings (SSSR count). The Kier molecular flexibility index (Phi) is 5.78. The number of hydrogen-bond acceptors (Lipinski definition) is 2. The summed E-state index contributed by atoms with van der Waals surface area (Å²) in [4.78, 5) is 14.7. The van der Waals surface area contributed by atoms with E-state index < -0.39 is 0 Å². The molecule has 0 radical (unpaired) electrons. The van der Waals surface area contributed by atoms with Crippen molar-refractivity contribution in [1.82, 2.24) is 10.2 Å². The van der Waals surface area contributed by atoms with Crippen LogP contribution in [0.5, 0.6) is 0 Å². The minimum Gasteiger partial charge on any atom is -0.346 e. The van der Waals surface area contributed by atoms with Crippen LogP contribution in [0.25, 0.3) is 0 Å². The standard InChI is InChI=1S/C21H22F2N2O/c1-15(17-4-8-20(23)9-5-17)24-21(26)18-10-12-25(13-11-18)14-16-2-6-19(22)7-3-16/h2-10,15H,11-14H2,1H3,(H,24,26)/t15-/m1/s1. The van der Waals surface area contributed by atoms with Gasteiger partial charge in [0.15, 0.2) is 0 Å². The first-order valence-corrected chi connectivity index (χ1v) is 8.73. The van der Waals surface area contributed by atoms with E-state index in [1.165, 1.54) is 24.3 Å². The fraction of sp³-hybridized carbons (Fsp3) is 0.286. The third-order valence-electron chi connectivity index (χ3n) is 4.62. The molecule has 0 unspecified atom stereocenters. The summed E-state index contributed by atoms with van der Waals surface area (Å²) in [5.74, 6) is -0.603. The average molecular weight is 356 g/mol. The number of halogens is 2. The van der Waals surface area contributed by atoms with Gasteiger partial charge in [-0.2, -0.15) is 0 Å². The fourth-order valence-electron chi connectivity index (χ4n) is 3.03. The summed E-state index contributed by atoms with van der Waals surface area (Å²) in [6, 6.07) is 12.5. The van der Waals surface area contributed by atoms with Crippen molar-refractivity contribution in [3.8, 4) is 0 Å². The molecule has 3 nitrogen and oxygen atoms in total. The highest BCUT2D eigenvalue weighted by molar-refractivity contribution is 5.93. The van der Waals surface area contributed by atoms with Gasteiger partial charge in [0.1, 0.15) is 11.6 Å². The van der Waals surface area contributed by atoms with Gasteiger partial charge in [0.25, 0.3) is 0 Å². The van der Waals surface area contributed by atoms with E-state index in [0.29, 0.717) is 13.0 Å². The first kappa shape index (κ1) is 18.3. The normalized spacial score (nSPS) is 16.0. The molecule has 0 saturated carbocycles. The van der Waals surface area contributed by atoms with Crippen molar-refractivity contribution in [3.05, 3.63) is 82.9 Å². The van der Waals surface area contributed by atoms with E-state index in [4.69, 9.17) is 0 Å². The van der Waals surface area contributed by atoms with Crippen molar-refractivity contribution in [1.29, 1.82) is 0 Å². The van der Waals surface area contributed by atoms with Crippen LogP contribution < -0.4 is 5.32 Å². The molecule has 2 aromatic rings. The van der Waals surface area contributed by atoms with Crippen LogP contribution >= 0.6 is 0 Å². The lowest BCUT2D eigenvalue weighted by Crippen LogP contribution is -2.34. The van der Waals surface area contributed by atoms with E-state index in [2.05, 4.69) is 10.2 Å². The predicted molar refractivity (Wildman–Crippen MR) is 97.3 cm³/mol. The average Bonchev–Trinajstić information content (AvgIpc) is 2.64. The number of carbonyl (C=O) groups excluding carboxylic acids is 1. The van der Waals surface area contributed by atoms with Gasteiger partial charge in [-0.05, 0) is 48.7 Å². The van der Waals surface area contributed by atoms with Crippen LogP contribution in [0.15, 0.2) is 60.2 Å². The summed E-state index contributed by atoms with van der Waals surface area (Å²) >= 11 is 0. The Morgan fingerprint density at radius 2 is 1.69 bits per heavy atom. The Bertz CT molecular complexity index is 785. The Labute approximate surface area is 152 Å². The molecular formula is C21H22F2N2O. The second-order valence-corrected chi connectivity index (χ2v) is 6.59. The van der Waals surface area contributed by atoms with Gasteiger partial charge in [0.2, 0.25) is 5.91 Å². The number of nitrogens with zero attached hydrogens (tertiary/aromatic N) is 1. The Morgan fingerprint density at radius 1 is 1.08 bits per heavy atom. The zero-order valence-electron chi connectivity index (χ0n) is 14.7. The van der Waals surface area contributed by atoms with Crippen LogP contribution in [0, 0.1) is 11.6 Å². The first-order chi connectivity index (χ1) is 12.5. The molecule has 2 aromatic carbocycles. The van der Waals surface area contributed by atoms with E-state index in [1.54, 1.807) is 24.3 Å². The minimum atomic E-state index is -0.288. The minimum absolute atomic E-state index is 0.0803. The lowest BCUT2D eigenvalue weighted by molar-refractivity contribution is -0.118. The van der Waals surface area contributed by atoms with Crippen LogP contribution in [0.4, 0.5) is 8.78 Å². The Balaban J connectivity index is 1.53. The van der Waals surface area contributed by atoms with Crippen LogP contribution in [0.3, 0.4) is 0 Å². The van der Waals surface area contributed by atoms with Gasteiger partial charge >= 0.3 is 0 Å². The molecule has 1 aliphatic rings. The van der Waals surface area contributed by atoms with E-state index in [1.807, 2.05) is 13.0 Å². The molecule has 0 saturated heterocycles. The lowest BCUT2D eigenvalue weighted by Gasteiger charge is -2.26. The lowest BCUT2D eigenvalue weighted by atomic mass is 10.0. The SMILES string of the molecule is C[C@@H](NC(=O)C1=CCN(Cc2ccc(F)cc2)CC1)c1ccc(F)cc1. The second-order valence-electron chi connectivity index (χ2n) is 6.59.